The average Bonchev–Trinajstić information content (AvgIpc) is 3.04. The van der Waals surface area contributed by atoms with Crippen molar-refractivity contribution in [1.82, 2.24) is 5.32 Å². The SMILES string of the molecule is CC#Cc1cc(C)c(C2C(=O)CC([C@@H]3CC[C@H](NC(C)=O)C3)CC2=O)c(C)c1. The summed E-state index contributed by atoms with van der Waals surface area (Å²) >= 11 is 0. The van der Waals surface area contributed by atoms with Crippen LogP contribution in [0.15, 0.2) is 12.1 Å². The maximum absolute atomic E-state index is 13.0. The summed E-state index contributed by atoms with van der Waals surface area (Å²) in [7, 11) is 0. The fourth-order valence-corrected chi connectivity index (χ4v) is 5.17. The molecule has 0 saturated heterocycles. The number of carbonyl (C=O) groups is 3. The molecule has 28 heavy (non-hydrogen) atoms. The monoisotopic (exact) mass is 379 g/mol. The van der Waals surface area contributed by atoms with Crippen LogP contribution in [0.25, 0.3) is 0 Å². The Morgan fingerprint density at radius 3 is 2.18 bits per heavy atom. The number of ketones is 2. The van der Waals surface area contributed by atoms with Crippen LogP contribution in [0, 0.1) is 37.5 Å². The van der Waals surface area contributed by atoms with Crippen LogP contribution in [0.4, 0.5) is 0 Å². The van der Waals surface area contributed by atoms with Crippen molar-refractivity contribution < 1.29 is 14.4 Å². The van der Waals surface area contributed by atoms with Crippen molar-refractivity contribution in [2.75, 3.05) is 0 Å². The van der Waals surface area contributed by atoms with Crippen LogP contribution in [-0.4, -0.2) is 23.5 Å². The minimum atomic E-state index is -0.632. The summed E-state index contributed by atoms with van der Waals surface area (Å²) in [5.41, 5.74) is 3.73. The van der Waals surface area contributed by atoms with Gasteiger partial charge in [0.1, 0.15) is 17.5 Å². The van der Waals surface area contributed by atoms with Crippen LogP contribution < -0.4 is 5.32 Å². The van der Waals surface area contributed by atoms with E-state index in [1.165, 1.54) is 6.92 Å². The second kappa shape index (κ2) is 8.31. The van der Waals surface area contributed by atoms with Crippen molar-refractivity contribution in [3.63, 3.8) is 0 Å². The lowest BCUT2D eigenvalue weighted by molar-refractivity contribution is -0.134. The molecule has 1 aromatic rings. The molecule has 2 aliphatic rings. The van der Waals surface area contributed by atoms with Crippen LogP contribution in [0.1, 0.15) is 74.1 Å². The summed E-state index contributed by atoms with van der Waals surface area (Å²) in [6.07, 6.45) is 3.71. The molecule has 3 rings (SSSR count). The smallest absolute Gasteiger partial charge is 0.217 e. The van der Waals surface area contributed by atoms with E-state index in [2.05, 4.69) is 17.2 Å². The highest BCUT2D eigenvalue weighted by atomic mass is 16.2. The third-order valence-electron chi connectivity index (χ3n) is 6.27. The van der Waals surface area contributed by atoms with Crippen LogP contribution in [0.2, 0.25) is 0 Å². The topological polar surface area (TPSA) is 63.2 Å². The maximum atomic E-state index is 13.0. The zero-order chi connectivity index (χ0) is 20.4. The molecule has 0 aliphatic heterocycles. The van der Waals surface area contributed by atoms with Crippen molar-refractivity contribution >= 4 is 17.5 Å². The number of amides is 1. The maximum Gasteiger partial charge on any atom is 0.217 e. The van der Waals surface area contributed by atoms with E-state index in [0.717, 1.165) is 41.5 Å². The molecule has 0 bridgehead atoms. The van der Waals surface area contributed by atoms with Crippen LogP contribution in [-0.2, 0) is 14.4 Å². The molecule has 148 valence electrons. The van der Waals surface area contributed by atoms with Gasteiger partial charge in [0.2, 0.25) is 5.91 Å². The number of hydrogen-bond donors (Lipinski definition) is 1. The zero-order valence-corrected chi connectivity index (χ0v) is 17.2. The van der Waals surface area contributed by atoms with Crippen LogP contribution in [0.5, 0.6) is 0 Å². The number of Topliss-reactive ketones (excluding diaryl/α,β-unsaturated/α-hetero) is 2. The molecule has 4 heteroatoms. The van der Waals surface area contributed by atoms with Gasteiger partial charge in [-0.1, -0.05) is 5.92 Å². The molecular weight excluding hydrogens is 350 g/mol. The molecule has 2 fully saturated rings. The molecule has 1 aromatic carbocycles. The van der Waals surface area contributed by atoms with Gasteiger partial charge in [0, 0.05) is 31.4 Å². The van der Waals surface area contributed by atoms with Gasteiger partial charge in [0.05, 0.1) is 0 Å². The summed E-state index contributed by atoms with van der Waals surface area (Å²) in [5.74, 6) is 5.86. The van der Waals surface area contributed by atoms with Crippen molar-refractivity contribution in [3.05, 3.63) is 34.4 Å². The molecule has 0 aromatic heterocycles. The molecule has 0 heterocycles. The van der Waals surface area contributed by atoms with Crippen LogP contribution in [0.3, 0.4) is 0 Å². The average molecular weight is 380 g/mol. The number of aryl methyl sites for hydroxylation is 2. The minimum absolute atomic E-state index is 0.0105. The third kappa shape index (κ3) is 4.19. The molecule has 0 spiro atoms. The Balaban J connectivity index is 1.76. The lowest BCUT2D eigenvalue weighted by Crippen LogP contribution is -2.36. The molecule has 1 N–H and O–H groups in total. The largest absolute Gasteiger partial charge is 0.354 e. The molecule has 2 aliphatic carbocycles. The first-order chi connectivity index (χ1) is 13.3. The van der Waals surface area contributed by atoms with Crippen molar-refractivity contribution in [2.24, 2.45) is 11.8 Å². The van der Waals surface area contributed by atoms with Gasteiger partial charge in [0.15, 0.2) is 0 Å². The van der Waals surface area contributed by atoms with Gasteiger partial charge < -0.3 is 5.32 Å². The van der Waals surface area contributed by atoms with E-state index < -0.39 is 5.92 Å². The Hall–Kier alpha value is -2.41. The first kappa shape index (κ1) is 20.3. The van der Waals surface area contributed by atoms with Gasteiger partial charge in [-0.15, -0.1) is 5.92 Å². The first-order valence-electron chi connectivity index (χ1n) is 10.2. The number of rotatable bonds is 3. The fourth-order valence-electron chi connectivity index (χ4n) is 5.17. The number of hydrogen-bond acceptors (Lipinski definition) is 3. The Bertz CT molecular complexity index is 833. The lowest BCUT2D eigenvalue weighted by Gasteiger charge is -2.32. The highest BCUT2D eigenvalue weighted by molar-refractivity contribution is 6.10. The van der Waals surface area contributed by atoms with E-state index in [0.29, 0.717) is 18.8 Å². The van der Waals surface area contributed by atoms with Gasteiger partial charge in [0.25, 0.3) is 0 Å². The summed E-state index contributed by atoms with van der Waals surface area (Å²) in [4.78, 5) is 37.3. The van der Waals surface area contributed by atoms with Gasteiger partial charge >= 0.3 is 0 Å². The van der Waals surface area contributed by atoms with Crippen LogP contribution >= 0.6 is 0 Å². The van der Waals surface area contributed by atoms with E-state index in [1.54, 1.807) is 6.92 Å². The van der Waals surface area contributed by atoms with Gasteiger partial charge in [-0.2, -0.15) is 0 Å². The summed E-state index contributed by atoms with van der Waals surface area (Å²) in [6.45, 7) is 7.26. The quantitative estimate of drug-likeness (QED) is 0.645. The molecule has 0 radical (unpaired) electrons. The predicted molar refractivity (Wildman–Crippen MR) is 109 cm³/mol. The second-order valence-electron chi connectivity index (χ2n) is 8.40. The van der Waals surface area contributed by atoms with E-state index in [1.807, 2.05) is 26.0 Å². The number of benzene rings is 1. The van der Waals surface area contributed by atoms with Gasteiger partial charge in [-0.3, -0.25) is 14.4 Å². The second-order valence-corrected chi connectivity index (χ2v) is 8.40. The molecular formula is C24H29NO3. The molecule has 1 amide bonds. The van der Waals surface area contributed by atoms with Crippen molar-refractivity contribution in [1.29, 1.82) is 0 Å². The fraction of sp³-hybridized carbons (Fsp3) is 0.542. The highest BCUT2D eigenvalue weighted by Gasteiger charge is 2.42. The van der Waals surface area contributed by atoms with Gasteiger partial charge in [-0.25, -0.2) is 0 Å². The van der Waals surface area contributed by atoms with E-state index in [-0.39, 0.29) is 29.4 Å². The number of carbonyl (C=O) groups excluding carboxylic acids is 3. The van der Waals surface area contributed by atoms with Crippen molar-refractivity contribution in [2.45, 2.75) is 71.8 Å². The van der Waals surface area contributed by atoms with E-state index in [9.17, 15) is 14.4 Å². The normalized spacial score (nSPS) is 27.3. The van der Waals surface area contributed by atoms with Crippen molar-refractivity contribution in [3.8, 4) is 11.8 Å². The summed E-state index contributed by atoms with van der Waals surface area (Å²) in [5, 5.41) is 2.98. The molecule has 0 unspecified atom stereocenters. The summed E-state index contributed by atoms with van der Waals surface area (Å²) < 4.78 is 0. The predicted octanol–water partition coefficient (Wildman–Crippen LogP) is 3.61. The Morgan fingerprint density at radius 1 is 1.04 bits per heavy atom. The Morgan fingerprint density at radius 2 is 1.64 bits per heavy atom. The van der Waals surface area contributed by atoms with E-state index in [4.69, 9.17) is 0 Å². The Labute approximate surface area is 167 Å². The van der Waals surface area contributed by atoms with Gasteiger partial charge in [-0.05, 0) is 80.7 Å². The molecule has 4 nitrogen and oxygen atoms in total. The number of nitrogens with one attached hydrogen (secondary N) is 1. The lowest BCUT2D eigenvalue weighted by atomic mass is 9.70. The minimum Gasteiger partial charge on any atom is -0.354 e. The van der Waals surface area contributed by atoms with E-state index >= 15 is 0 Å². The molecule has 2 atom stereocenters. The Kier molecular flexibility index (Phi) is 6.03. The standard InChI is InChI=1S/C24H29NO3/c1-5-6-17-9-14(2)23(15(3)10-17)24-21(27)12-19(13-22(24)28)18-7-8-20(11-18)25-16(4)26/h9-10,18-20,24H,7-8,11-13H2,1-4H3,(H,25,26)/t18-,19?,20+,24?/m1/s1. The first-order valence-corrected chi connectivity index (χ1v) is 10.2. The third-order valence-corrected chi connectivity index (χ3v) is 6.27. The zero-order valence-electron chi connectivity index (χ0n) is 17.2. The molecule has 2 saturated carbocycles. The summed E-state index contributed by atoms with van der Waals surface area (Å²) in [6, 6.07) is 4.13. The highest BCUT2D eigenvalue weighted by Crippen LogP contribution is 2.42.